The van der Waals surface area contributed by atoms with Crippen LogP contribution in [0.4, 0.5) is 5.13 Å². The van der Waals surface area contributed by atoms with Crippen LogP contribution in [0.5, 0.6) is 0 Å². The molecule has 0 atom stereocenters. The van der Waals surface area contributed by atoms with E-state index in [4.69, 9.17) is 4.74 Å². The summed E-state index contributed by atoms with van der Waals surface area (Å²) in [6, 6.07) is 9.85. The monoisotopic (exact) mass is 474 g/mol. The Morgan fingerprint density at radius 1 is 1.06 bits per heavy atom. The molecule has 2 aromatic carbocycles. The fourth-order valence-corrected chi connectivity index (χ4v) is 6.68. The lowest BCUT2D eigenvalue weighted by molar-refractivity contribution is 0.0730. The molecule has 5 rings (SSSR count). The van der Waals surface area contributed by atoms with Crippen molar-refractivity contribution in [1.82, 2.24) is 14.3 Å². The smallest absolute Gasteiger partial charge is 0.257 e. The summed E-state index contributed by atoms with van der Waals surface area (Å²) >= 11 is 3.00. The topological polar surface area (TPSA) is 101 Å². The molecule has 1 fully saturated rings. The third-order valence-corrected chi connectivity index (χ3v) is 8.81. The number of carbonyl (C=O) groups is 1. The SMILES string of the molecule is Cc1nc2c(ccc3nc(NC(=O)c4ccc(S(=O)(=O)N5CCOCC5)cc4)sc32)s1. The highest BCUT2D eigenvalue weighted by Crippen LogP contribution is 2.34. The van der Waals surface area contributed by atoms with E-state index < -0.39 is 10.0 Å². The molecule has 0 spiro atoms. The van der Waals surface area contributed by atoms with E-state index in [0.29, 0.717) is 37.0 Å². The van der Waals surface area contributed by atoms with E-state index in [0.717, 1.165) is 25.4 Å². The summed E-state index contributed by atoms with van der Waals surface area (Å²) in [6.07, 6.45) is 0. The van der Waals surface area contributed by atoms with Crippen LogP contribution in [0, 0.1) is 6.92 Å². The number of anilines is 1. The Morgan fingerprint density at radius 2 is 1.81 bits per heavy atom. The Balaban J connectivity index is 1.36. The highest BCUT2D eigenvalue weighted by Gasteiger charge is 2.26. The van der Waals surface area contributed by atoms with E-state index in [1.807, 2.05) is 19.1 Å². The van der Waals surface area contributed by atoms with E-state index in [2.05, 4.69) is 15.3 Å². The Labute approximate surface area is 186 Å². The third kappa shape index (κ3) is 3.83. The highest BCUT2D eigenvalue weighted by molar-refractivity contribution is 7.89. The van der Waals surface area contributed by atoms with Crippen LogP contribution >= 0.6 is 22.7 Å². The van der Waals surface area contributed by atoms with Gasteiger partial charge in [-0.3, -0.25) is 10.1 Å². The number of sulfonamides is 1. The fourth-order valence-electron chi connectivity index (χ4n) is 3.42. The largest absolute Gasteiger partial charge is 0.379 e. The molecule has 0 radical (unpaired) electrons. The van der Waals surface area contributed by atoms with Crippen LogP contribution < -0.4 is 5.32 Å². The Hall–Kier alpha value is -2.44. The molecule has 11 heteroatoms. The summed E-state index contributed by atoms with van der Waals surface area (Å²) in [7, 11) is -3.59. The molecule has 0 unspecified atom stereocenters. The van der Waals surface area contributed by atoms with Crippen LogP contribution in [0.3, 0.4) is 0 Å². The van der Waals surface area contributed by atoms with Crippen molar-refractivity contribution < 1.29 is 17.9 Å². The number of amides is 1. The lowest BCUT2D eigenvalue weighted by Gasteiger charge is -2.26. The minimum atomic E-state index is -3.59. The van der Waals surface area contributed by atoms with Gasteiger partial charge < -0.3 is 4.74 Å². The summed E-state index contributed by atoms with van der Waals surface area (Å²) in [6.45, 7) is 3.38. The fraction of sp³-hybridized carbons (Fsp3) is 0.250. The lowest BCUT2D eigenvalue weighted by atomic mass is 10.2. The second kappa shape index (κ2) is 7.92. The summed E-state index contributed by atoms with van der Waals surface area (Å²) in [5.41, 5.74) is 2.04. The maximum absolute atomic E-state index is 12.7. The van der Waals surface area contributed by atoms with Crippen LogP contribution in [0.2, 0.25) is 0 Å². The molecule has 0 bridgehead atoms. The number of benzene rings is 2. The first-order valence-electron chi connectivity index (χ1n) is 9.58. The zero-order chi connectivity index (χ0) is 21.6. The van der Waals surface area contributed by atoms with E-state index in [1.165, 1.54) is 39.9 Å². The molecule has 2 aromatic heterocycles. The molecular weight excluding hydrogens is 456 g/mol. The van der Waals surface area contributed by atoms with Gasteiger partial charge in [-0.05, 0) is 43.3 Å². The molecule has 160 valence electrons. The molecule has 4 aromatic rings. The number of thiazole rings is 2. The molecule has 1 saturated heterocycles. The van der Waals surface area contributed by atoms with Crippen molar-refractivity contribution in [1.29, 1.82) is 0 Å². The average molecular weight is 475 g/mol. The number of nitrogens with one attached hydrogen (secondary N) is 1. The van der Waals surface area contributed by atoms with Gasteiger partial charge in [0.15, 0.2) is 5.13 Å². The van der Waals surface area contributed by atoms with Gasteiger partial charge in [-0.1, -0.05) is 11.3 Å². The first kappa shape index (κ1) is 20.5. The summed E-state index contributed by atoms with van der Waals surface area (Å²) in [4.78, 5) is 21.9. The van der Waals surface area contributed by atoms with Gasteiger partial charge in [-0.2, -0.15) is 4.31 Å². The minimum Gasteiger partial charge on any atom is -0.379 e. The van der Waals surface area contributed by atoms with Gasteiger partial charge in [0, 0.05) is 18.7 Å². The summed E-state index contributed by atoms with van der Waals surface area (Å²) in [5, 5.41) is 4.26. The number of morpholine rings is 1. The molecule has 31 heavy (non-hydrogen) atoms. The lowest BCUT2D eigenvalue weighted by Crippen LogP contribution is -2.40. The zero-order valence-corrected chi connectivity index (χ0v) is 18.9. The van der Waals surface area contributed by atoms with Gasteiger partial charge in [0.05, 0.1) is 38.0 Å². The van der Waals surface area contributed by atoms with Crippen LogP contribution in [-0.4, -0.2) is 54.9 Å². The van der Waals surface area contributed by atoms with E-state index >= 15 is 0 Å². The van der Waals surface area contributed by atoms with Crippen molar-refractivity contribution in [2.45, 2.75) is 11.8 Å². The number of hydrogen-bond donors (Lipinski definition) is 1. The quantitative estimate of drug-likeness (QED) is 0.486. The number of carbonyl (C=O) groups excluding carboxylic acids is 1. The number of ether oxygens (including phenoxy) is 1. The molecule has 1 N–H and O–H groups in total. The van der Waals surface area contributed by atoms with E-state index in [9.17, 15) is 13.2 Å². The number of rotatable bonds is 4. The average Bonchev–Trinajstić information content (AvgIpc) is 3.36. The summed E-state index contributed by atoms with van der Waals surface area (Å²) < 4.78 is 34.1. The predicted molar refractivity (Wildman–Crippen MR) is 122 cm³/mol. The second-order valence-electron chi connectivity index (χ2n) is 7.01. The van der Waals surface area contributed by atoms with Crippen molar-refractivity contribution in [3.05, 3.63) is 47.0 Å². The van der Waals surface area contributed by atoms with Crippen molar-refractivity contribution in [3.63, 3.8) is 0 Å². The number of nitrogens with zero attached hydrogens (tertiary/aromatic N) is 3. The maximum atomic E-state index is 12.7. The zero-order valence-electron chi connectivity index (χ0n) is 16.5. The normalized spacial score (nSPS) is 15.5. The highest BCUT2D eigenvalue weighted by atomic mass is 32.2. The van der Waals surface area contributed by atoms with Gasteiger partial charge in [-0.15, -0.1) is 11.3 Å². The van der Waals surface area contributed by atoms with E-state index in [1.54, 1.807) is 11.3 Å². The Bertz CT molecular complexity index is 1390. The molecule has 1 amide bonds. The standard InChI is InChI=1S/C20H18N4O4S3/c1-12-21-17-16(29-12)7-6-15-18(17)30-20(22-15)23-19(25)13-2-4-14(5-3-13)31(26,27)24-8-10-28-11-9-24/h2-7H,8-11H2,1H3,(H,22,23,25). The van der Waals surface area contributed by atoms with Gasteiger partial charge in [0.1, 0.15) is 5.52 Å². The Morgan fingerprint density at radius 3 is 2.55 bits per heavy atom. The number of hydrogen-bond acceptors (Lipinski definition) is 8. The second-order valence-corrected chi connectivity index (χ2v) is 11.2. The first-order chi connectivity index (χ1) is 14.9. The van der Waals surface area contributed by atoms with Crippen molar-refractivity contribution in [3.8, 4) is 0 Å². The number of aryl methyl sites for hydroxylation is 1. The van der Waals surface area contributed by atoms with Crippen LogP contribution in [-0.2, 0) is 14.8 Å². The van der Waals surface area contributed by atoms with Gasteiger partial charge in [-0.25, -0.2) is 18.4 Å². The van der Waals surface area contributed by atoms with Gasteiger partial charge >= 0.3 is 0 Å². The van der Waals surface area contributed by atoms with Crippen LogP contribution in [0.25, 0.3) is 20.4 Å². The molecule has 1 aliphatic rings. The Kier molecular flexibility index (Phi) is 5.22. The molecule has 0 aliphatic carbocycles. The molecule has 0 saturated carbocycles. The first-order valence-corrected chi connectivity index (χ1v) is 12.6. The molecule has 8 nitrogen and oxygen atoms in total. The van der Waals surface area contributed by atoms with Crippen molar-refractivity contribution in [2.75, 3.05) is 31.6 Å². The molecule has 3 heterocycles. The van der Waals surface area contributed by atoms with Crippen LogP contribution in [0.1, 0.15) is 15.4 Å². The number of fused-ring (bicyclic) bond motifs is 3. The molecule has 1 aliphatic heterocycles. The van der Waals surface area contributed by atoms with Crippen molar-refractivity contribution >= 4 is 64.2 Å². The predicted octanol–water partition coefficient (Wildman–Crippen LogP) is 3.49. The van der Waals surface area contributed by atoms with Gasteiger partial charge in [0.25, 0.3) is 5.91 Å². The maximum Gasteiger partial charge on any atom is 0.257 e. The number of aromatic nitrogens is 2. The van der Waals surface area contributed by atoms with Gasteiger partial charge in [0.2, 0.25) is 10.0 Å². The minimum absolute atomic E-state index is 0.159. The summed E-state index contributed by atoms with van der Waals surface area (Å²) in [5.74, 6) is -0.347. The van der Waals surface area contributed by atoms with E-state index in [-0.39, 0.29) is 10.8 Å². The van der Waals surface area contributed by atoms with Crippen molar-refractivity contribution in [2.24, 2.45) is 0 Å². The van der Waals surface area contributed by atoms with Crippen LogP contribution in [0.15, 0.2) is 41.3 Å². The third-order valence-electron chi connectivity index (χ3n) is 4.97. The molecular formula is C20H18N4O4S3.